The lowest BCUT2D eigenvalue weighted by Gasteiger charge is -2.19. The SMILES string of the molecule is CC(CN1C(=O)c2ccccc2C1=O)C(Cl)N=O. The van der Waals surface area contributed by atoms with E-state index in [1.54, 1.807) is 31.2 Å². The fourth-order valence-electron chi connectivity index (χ4n) is 1.88. The molecule has 0 N–H and O–H groups in total. The number of carbonyl (C=O) groups is 2. The van der Waals surface area contributed by atoms with E-state index in [4.69, 9.17) is 11.6 Å². The van der Waals surface area contributed by atoms with Crippen LogP contribution in [0, 0.1) is 10.8 Å². The molecule has 0 bridgehead atoms. The quantitative estimate of drug-likeness (QED) is 0.363. The van der Waals surface area contributed by atoms with E-state index >= 15 is 0 Å². The number of benzene rings is 1. The fourth-order valence-corrected chi connectivity index (χ4v) is 1.96. The van der Waals surface area contributed by atoms with E-state index in [9.17, 15) is 14.5 Å². The van der Waals surface area contributed by atoms with E-state index in [-0.39, 0.29) is 24.3 Å². The molecule has 0 aromatic heterocycles. The fraction of sp³-hybridized carbons (Fsp3) is 0.333. The van der Waals surface area contributed by atoms with Crippen LogP contribution in [0.4, 0.5) is 0 Å². The van der Waals surface area contributed by atoms with E-state index in [1.165, 1.54) is 0 Å². The third-order valence-corrected chi connectivity index (χ3v) is 3.43. The number of nitroso groups, excluding NO2 is 1. The number of amides is 2. The van der Waals surface area contributed by atoms with Crippen LogP contribution < -0.4 is 0 Å². The summed E-state index contributed by atoms with van der Waals surface area (Å²) in [5, 5.41) is 2.70. The molecule has 6 heteroatoms. The summed E-state index contributed by atoms with van der Waals surface area (Å²) in [7, 11) is 0. The van der Waals surface area contributed by atoms with Gasteiger partial charge in [0.15, 0.2) is 5.50 Å². The van der Waals surface area contributed by atoms with Crippen molar-refractivity contribution in [2.24, 2.45) is 11.1 Å². The van der Waals surface area contributed by atoms with Gasteiger partial charge in [0.2, 0.25) is 0 Å². The minimum Gasteiger partial charge on any atom is -0.274 e. The predicted octanol–water partition coefficient (Wildman–Crippen LogP) is 2.25. The Balaban J connectivity index is 2.21. The summed E-state index contributed by atoms with van der Waals surface area (Å²) in [6.07, 6.45) is 0. The summed E-state index contributed by atoms with van der Waals surface area (Å²) in [6.45, 7) is 1.76. The maximum Gasteiger partial charge on any atom is 0.261 e. The number of hydrogen-bond donors (Lipinski definition) is 0. The molecule has 1 aromatic carbocycles. The van der Waals surface area contributed by atoms with Gasteiger partial charge in [-0.15, -0.1) is 4.91 Å². The highest BCUT2D eigenvalue weighted by atomic mass is 35.5. The highest BCUT2D eigenvalue weighted by molar-refractivity contribution is 6.22. The molecule has 2 rings (SSSR count). The van der Waals surface area contributed by atoms with Crippen molar-refractivity contribution in [2.75, 3.05) is 6.54 Å². The molecule has 0 aliphatic carbocycles. The van der Waals surface area contributed by atoms with E-state index in [0.29, 0.717) is 11.1 Å². The van der Waals surface area contributed by atoms with Crippen LogP contribution in [0.2, 0.25) is 0 Å². The number of nitrogens with zero attached hydrogens (tertiary/aromatic N) is 2. The average Bonchev–Trinajstić information content (AvgIpc) is 2.63. The van der Waals surface area contributed by atoms with Gasteiger partial charge < -0.3 is 0 Å². The molecule has 0 fully saturated rings. The molecule has 0 radical (unpaired) electrons. The topological polar surface area (TPSA) is 66.8 Å². The van der Waals surface area contributed by atoms with Gasteiger partial charge in [0, 0.05) is 12.5 Å². The lowest BCUT2D eigenvalue weighted by molar-refractivity contribution is 0.0632. The number of rotatable bonds is 4. The van der Waals surface area contributed by atoms with E-state index in [2.05, 4.69) is 5.18 Å². The molecule has 5 nitrogen and oxygen atoms in total. The molecule has 1 aliphatic rings. The van der Waals surface area contributed by atoms with E-state index < -0.39 is 5.50 Å². The molecule has 18 heavy (non-hydrogen) atoms. The Morgan fingerprint density at radius 3 is 2.17 bits per heavy atom. The minimum atomic E-state index is -0.950. The highest BCUT2D eigenvalue weighted by Crippen LogP contribution is 2.24. The van der Waals surface area contributed by atoms with Crippen molar-refractivity contribution in [3.05, 3.63) is 40.3 Å². The second-order valence-electron chi connectivity index (χ2n) is 4.22. The Morgan fingerprint density at radius 2 is 1.72 bits per heavy atom. The zero-order chi connectivity index (χ0) is 13.3. The first-order chi connectivity index (χ1) is 8.56. The van der Waals surface area contributed by atoms with Gasteiger partial charge >= 0.3 is 0 Å². The highest BCUT2D eigenvalue weighted by Gasteiger charge is 2.36. The molecule has 2 atom stereocenters. The van der Waals surface area contributed by atoms with E-state index in [1.807, 2.05) is 0 Å². The van der Waals surface area contributed by atoms with Crippen molar-refractivity contribution in [3.8, 4) is 0 Å². The zero-order valence-corrected chi connectivity index (χ0v) is 10.4. The summed E-state index contributed by atoms with van der Waals surface area (Å²) in [6, 6.07) is 6.62. The predicted molar refractivity (Wildman–Crippen MR) is 66.4 cm³/mol. The Bertz CT molecular complexity index is 483. The van der Waals surface area contributed by atoms with E-state index in [0.717, 1.165) is 4.90 Å². The first kappa shape index (κ1) is 12.7. The van der Waals surface area contributed by atoms with Crippen LogP contribution in [0.5, 0.6) is 0 Å². The number of alkyl halides is 1. The zero-order valence-electron chi connectivity index (χ0n) is 9.67. The van der Waals surface area contributed by atoms with Crippen molar-refractivity contribution in [3.63, 3.8) is 0 Å². The van der Waals surface area contributed by atoms with Crippen molar-refractivity contribution in [2.45, 2.75) is 12.4 Å². The van der Waals surface area contributed by atoms with Gasteiger partial charge in [0.25, 0.3) is 11.8 Å². The van der Waals surface area contributed by atoms with Crippen LogP contribution in [0.25, 0.3) is 0 Å². The molecule has 1 heterocycles. The molecule has 0 spiro atoms. The normalized spacial score (nSPS) is 17.6. The van der Waals surface area contributed by atoms with Crippen molar-refractivity contribution >= 4 is 23.4 Å². The second-order valence-corrected chi connectivity index (χ2v) is 4.67. The van der Waals surface area contributed by atoms with Gasteiger partial charge in [0.05, 0.1) is 11.1 Å². The van der Waals surface area contributed by atoms with Crippen molar-refractivity contribution in [1.82, 2.24) is 4.90 Å². The summed E-state index contributed by atoms with van der Waals surface area (Å²) in [4.78, 5) is 35.5. The van der Waals surface area contributed by atoms with Gasteiger partial charge in [0.1, 0.15) is 0 Å². The summed E-state index contributed by atoms with van der Waals surface area (Å²) >= 11 is 5.67. The first-order valence-corrected chi connectivity index (χ1v) is 5.91. The van der Waals surface area contributed by atoms with Crippen LogP contribution in [0.1, 0.15) is 27.6 Å². The second kappa shape index (κ2) is 4.86. The molecule has 1 aliphatic heterocycles. The lowest BCUT2D eigenvalue weighted by Crippen LogP contribution is -2.36. The Labute approximate surface area is 109 Å². The van der Waals surface area contributed by atoms with Crippen molar-refractivity contribution < 1.29 is 9.59 Å². The Kier molecular flexibility index (Phi) is 3.43. The maximum atomic E-state index is 12.0. The first-order valence-electron chi connectivity index (χ1n) is 5.48. The molecule has 1 aromatic rings. The van der Waals surface area contributed by atoms with Crippen LogP contribution in [0.3, 0.4) is 0 Å². The third-order valence-electron chi connectivity index (χ3n) is 2.92. The maximum absolute atomic E-state index is 12.0. The van der Waals surface area contributed by atoms with Crippen LogP contribution >= 0.6 is 11.6 Å². The Hall–Kier alpha value is -1.75. The lowest BCUT2D eigenvalue weighted by atomic mass is 10.1. The number of carbonyl (C=O) groups excluding carboxylic acids is 2. The largest absolute Gasteiger partial charge is 0.274 e. The van der Waals surface area contributed by atoms with Gasteiger partial charge in [-0.1, -0.05) is 30.7 Å². The number of fused-ring (bicyclic) bond motifs is 1. The molecule has 2 unspecified atom stereocenters. The molecular weight excluding hydrogens is 256 g/mol. The van der Waals surface area contributed by atoms with Crippen molar-refractivity contribution in [1.29, 1.82) is 0 Å². The molecule has 0 saturated carbocycles. The number of hydrogen-bond acceptors (Lipinski definition) is 4. The Morgan fingerprint density at radius 1 is 1.22 bits per heavy atom. The minimum absolute atomic E-state index is 0.0895. The van der Waals surface area contributed by atoms with Crippen LogP contribution in [-0.2, 0) is 0 Å². The van der Waals surface area contributed by atoms with Gasteiger partial charge in [-0.2, -0.15) is 0 Å². The smallest absolute Gasteiger partial charge is 0.261 e. The summed E-state index contributed by atoms with van der Waals surface area (Å²) < 4.78 is 0. The molecule has 94 valence electrons. The van der Waals surface area contributed by atoms with Gasteiger partial charge in [-0.3, -0.25) is 14.5 Å². The third kappa shape index (κ3) is 2.01. The molecule has 0 saturated heterocycles. The number of halogens is 1. The monoisotopic (exact) mass is 266 g/mol. The van der Waals surface area contributed by atoms with Crippen LogP contribution in [0.15, 0.2) is 29.4 Å². The standard InChI is InChI=1S/C12H11ClN2O3/c1-7(10(13)14-18)6-15-11(16)8-4-2-3-5-9(8)12(15)17/h2-5,7,10H,6H2,1H3. The average molecular weight is 267 g/mol. The van der Waals surface area contributed by atoms with Gasteiger partial charge in [-0.05, 0) is 17.3 Å². The molecule has 2 amide bonds. The molecular formula is C12H11ClN2O3. The van der Waals surface area contributed by atoms with Gasteiger partial charge in [-0.25, -0.2) is 0 Å². The number of imide groups is 1. The summed E-state index contributed by atoms with van der Waals surface area (Å²) in [5.74, 6) is -1.08. The summed E-state index contributed by atoms with van der Waals surface area (Å²) in [5.41, 5.74) is -0.172. The van der Waals surface area contributed by atoms with Crippen LogP contribution in [-0.4, -0.2) is 28.8 Å².